The number of nitrogens with zero attached hydrogens (tertiary/aromatic N) is 1. The Balaban J connectivity index is 2.05. The Kier molecular flexibility index (Phi) is 4.04. The number of amides is 2. The highest BCUT2D eigenvalue weighted by Gasteiger charge is 2.41. The van der Waals surface area contributed by atoms with Crippen LogP contribution in [0.4, 0.5) is 11.4 Å². The highest BCUT2D eigenvalue weighted by atomic mass is 16.2. The Bertz CT molecular complexity index is 551. The van der Waals surface area contributed by atoms with Gasteiger partial charge < -0.3 is 10.6 Å². The lowest BCUT2D eigenvalue weighted by atomic mass is 9.87. The number of rotatable bonds is 3. The smallest absolute Gasteiger partial charge is 0.244 e. The second kappa shape index (κ2) is 5.74. The Morgan fingerprint density at radius 1 is 1.10 bits per heavy atom. The summed E-state index contributed by atoms with van der Waals surface area (Å²) in [7, 11) is 0. The maximum absolute atomic E-state index is 12.2. The van der Waals surface area contributed by atoms with E-state index in [0.717, 1.165) is 12.8 Å². The Morgan fingerprint density at radius 3 is 2.05 bits per heavy atom. The number of hydrogen-bond acceptors (Lipinski definition) is 3. The molecule has 0 radical (unpaired) electrons. The lowest BCUT2D eigenvalue weighted by Crippen LogP contribution is -2.32. The van der Waals surface area contributed by atoms with Crippen LogP contribution in [0.2, 0.25) is 0 Å². The second-order valence-corrected chi connectivity index (χ2v) is 5.11. The van der Waals surface area contributed by atoms with E-state index in [4.69, 9.17) is 0 Å². The van der Waals surface area contributed by atoms with Crippen LogP contribution >= 0.6 is 0 Å². The quantitative estimate of drug-likeness (QED) is 0.886. The third kappa shape index (κ3) is 2.97. The van der Waals surface area contributed by atoms with Crippen molar-refractivity contribution in [2.75, 3.05) is 10.6 Å². The van der Waals surface area contributed by atoms with E-state index >= 15 is 0 Å². The molecule has 1 saturated carbocycles. The summed E-state index contributed by atoms with van der Waals surface area (Å²) < 4.78 is 0. The predicted octanol–water partition coefficient (Wildman–Crippen LogP) is 2.67. The third-order valence-corrected chi connectivity index (χ3v) is 3.57. The zero-order chi connectivity index (χ0) is 14.6. The van der Waals surface area contributed by atoms with Crippen molar-refractivity contribution >= 4 is 23.2 Å². The Hall–Kier alpha value is -2.35. The van der Waals surface area contributed by atoms with Crippen LogP contribution in [0, 0.1) is 16.7 Å². The van der Waals surface area contributed by atoms with Gasteiger partial charge in [0.15, 0.2) is 0 Å². The summed E-state index contributed by atoms with van der Waals surface area (Å²) in [5.74, 6) is -0.374. The van der Waals surface area contributed by atoms with E-state index in [1.807, 2.05) is 0 Å². The van der Waals surface area contributed by atoms with Crippen LogP contribution in [0.5, 0.6) is 0 Å². The molecule has 0 aromatic heterocycles. The maximum Gasteiger partial charge on any atom is 0.244 e. The molecule has 104 valence electrons. The number of benzene rings is 1. The van der Waals surface area contributed by atoms with Crippen LogP contribution in [0.25, 0.3) is 0 Å². The summed E-state index contributed by atoms with van der Waals surface area (Å²) in [5.41, 5.74) is 0.424. The van der Waals surface area contributed by atoms with Gasteiger partial charge in [0.25, 0.3) is 0 Å². The molecular formula is C15H17N3O2. The number of carbonyl (C=O) groups is 2. The summed E-state index contributed by atoms with van der Waals surface area (Å²) in [6.07, 6.45) is 3.09. The molecule has 5 heteroatoms. The van der Waals surface area contributed by atoms with Crippen molar-refractivity contribution in [1.29, 1.82) is 5.26 Å². The van der Waals surface area contributed by atoms with Gasteiger partial charge in [-0.15, -0.1) is 0 Å². The molecule has 0 atom stereocenters. The molecule has 1 fully saturated rings. The summed E-state index contributed by atoms with van der Waals surface area (Å²) in [6, 6.07) is 9.01. The Labute approximate surface area is 118 Å². The molecule has 0 bridgehead atoms. The van der Waals surface area contributed by atoms with Crippen molar-refractivity contribution in [3.63, 3.8) is 0 Å². The molecule has 1 aromatic rings. The highest BCUT2D eigenvalue weighted by molar-refractivity contribution is 5.97. The van der Waals surface area contributed by atoms with Gasteiger partial charge in [-0.05, 0) is 37.1 Å². The number of nitriles is 1. The molecule has 1 aliphatic rings. The fraction of sp³-hybridized carbons (Fsp3) is 0.400. The summed E-state index contributed by atoms with van der Waals surface area (Å²) >= 11 is 0. The molecule has 0 heterocycles. The molecule has 0 saturated heterocycles. The molecule has 0 spiro atoms. The summed E-state index contributed by atoms with van der Waals surface area (Å²) in [4.78, 5) is 23.1. The second-order valence-electron chi connectivity index (χ2n) is 5.11. The largest absolute Gasteiger partial charge is 0.326 e. The number of hydrogen-bond donors (Lipinski definition) is 2. The molecule has 2 rings (SSSR count). The topological polar surface area (TPSA) is 82.0 Å². The summed E-state index contributed by atoms with van der Waals surface area (Å²) in [5, 5.41) is 14.7. The average Bonchev–Trinajstić information content (AvgIpc) is 2.90. The van der Waals surface area contributed by atoms with E-state index < -0.39 is 5.41 Å². The minimum absolute atomic E-state index is 0.142. The van der Waals surface area contributed by atoms with Gasteiger partial charge in [-0.2, -0.15) is 5.26 Å². The average molecular weight is 271 g/mol. The van der Waals surface area contributed by atoms with Crippen LogP contribution in [0.3, 0.4) is 0 Å². The molecule has 5 nitrogen and oxygen atoms in total. The molecule has 2 amide bonds. The number of nitrogens with one attached hydrogen (secondary N) is 2. The van der Waals surface area contributed by atoms with Gasteiger partial charge >= 0.3 is 0 Å². The van der Waals surface area contributed by atoms with Crippen molar-refractivity contribution in [2.24, 2.45) is 5.41 Å². The van der Waals surface area contributed by atoms with Crippen molar-refractivity contribution in [3.05, 3.63) is 24.3 Å². The standard InChI is InChI=1S/C15H17N3O2/c1-11(19)17-12-4-6-13(7-5-12)18-14(20)15(10-16)8-2-3-9-15/h4-7H,2-3,8-9H2,1H3,(H,17,19)(H,18,20). The molecule has 0 unspecified atom stereocenters. The van der Waals surface area contributed by atoms with Crippen molar-refractivity contribution in [3.8, 4) is 6.07 Å². The van der Waals surface area contributed by atoms with E-state index in [1.54, 1.807) is 24.3 Å². The van der Waals surface area contributed by atoms with Gasteiger partial charge in [-0.3, -0.25) is 9.59 Å². The first kappa shape index (κ1) is 14.1. The first-order valence-electron chi connectivity index (χ1n) is 6.66. The highest BCUT2D eigenvalue weighted by Crippen LogP contribution is 2.38. The summed E-state index contributed by atoms with van der Waals surface area (Å²) in [6.45, 7) is 1.44. The van der Waals surface area contributed by atoms with Crippen LogP contribution < -0.4 is 10.6 Å². The van der Waals surface area contributed by atoms with Gasteiger partial charge in [-0.1, -0.05) is 12.8 Å². The predicted molar refractivity (Wildman–Crippen MR) is 75.9 cm³/mol. The van der Waals surface area contributed by atoms with Crippen LogP contribution in [0.1, 0.15) is 32.6 Å². The fourth-order valence-corrected chi connectivity index (χ4v) is 2.46. The fourth-order valence-electron chi connectivity index (χ4n) is 2.46. The van der Waals surface area contributed by atoms with Crippen LogP contribution in [-0.2, 0) is 9.59 Å². The molecule has 1 aliphatic carbocycles. The zero-order valence-electron chi connectivity index (χ0n) is 11.4. The lowest BCUT2D eigenvalue weighted by Gasteiger charge is -2.19. The van der Waals surface area contributed by atoms with Gasteiger partial charge in [0.2, 0.25) is 11.8 Å². The van der Waals surface area contributed by atoms with Crippen molar-refractivity contribution in [1.82, 2.24) is 0 Å². The first-order chi connectivity index (χ1) is 9.55. The van der Waals surface area contributed by atoms with Gasteiger partial charge in [0, 0.05) is 18.3 Å². The molecule has 0 aliphatic heterocycles. The van der Waals surface area contributed by atoms with E-state index in [2.05, 4.69) is 16.7 Å². The van der Waals surface area contributed by atoms with Crippen molar-refractivity contribution in [2.45, 2.75) is 32.6 Å². The molecule has 1 aromatic carbocycles. The van der Waals surface area contributed by atoms with E-state index in [9.17, 15) is 14.9 Å². The minimum Gasteiger partial charge on any atom is -0.326 e. The van der Waals surface area contributed by atoms with Gasteiger partial charge in [0.05, 0.1) is 6.07 Å². The van der Waals surface area contributed by atoms with Crippen LogP contribution in [0.15, 0.2) is 24.3 Å². The number of anilines is 2. The third-order valence-electron chi connectivity index (χ3n) is 3.57. The molecular weight excluding hydrogens is 254 g/mol. The van der Waals surface area contributed by atoms with E-state index in [0.29, 0.717) is 24.2 Å². The molecule has 20 heavy (non-hydrogen) atoms. The van der Waals surface area contributed by atoms with Crippen LogP contribution in [-0.4, -0.2) is 11.8 Å². The maximum atomic E-state index is 12.2. The zero-order valence-corrected chi connectivity index (χ0v) is 11.4. The van der Waals surface area contributed by atoms with E-state index in [-0.39, 0.29) is 11.8 Å². The normalized spacial score (nSPS) is 16.2. The monoisotopic (exact) mass is 271 g/mol. The first-order valence-corrected chi connectivity index (χ1v) is 6.66. The number of carbonyl (C=O) groups excluding carboxylic acids is 2. The van der Waals surface area contributed by atoms with E-state index in [1.165, 1.54) is 6.92 Å². The SMILES string of the molecule is CC(=O)Nc1ccc(NC(=O)C2(C#N)CCCC2)cc1. The van der Waals surface area contributed by atoms with Gasteiger partial charge in [0.1, 0.15) is 5.41 Å². The Morgan fingerprint density at radius 2 is 1.60 bits per heavy atom. The molecule has 2 N–H and O–H groups in total. The minimum atomic E-state index is -0.879. The lowest BCUT2D eigenvalue weighted by molar-refractivity contribution is -0.122. The van der Waals surface area contributed by atoms with Gasteiger partial charge in [-0.25, -0.2) is 0 Å². The van der Waals surface area contributed by atoms with Crippen molar-refractivity contribution < 1.29 is 9.59 Å².